The summed E-state index contributed by atoms with van der Waals surface area (Å²) >= 11 is 0. The molecule has 1 unspecified atom stereocenters. The van der Waals surface area contributed by atoms with Gasteiger partial charge in [-0.3, -0.25) is 0 Å². The predicted octanol–water partition coefficient (Wildman–Crippen LogP) is 4.03. The molecule has 0 aliphatic carbocycles. The van der Waals surface area contributed by atoms with Crippen LogP contribution in [-0.2, 0) is 6.54 Å². The molecule has 0 amide bonds. The lowest BCUT2D eigenvalue weighted by Crippen LogP contribution is -2.23. The number of nitrogens with zero attached hydrogens (tertiary/aromatic N) is 1. The van der Waals surface area contributed by atoms with E-state index in [1.165, 1.54) is 6.07 Å². The van der Waals surface area contributed by atoms with E-state index in [-0.39, 0.29) is 11.9 Å². The van der Waals surface area contributed by atoms with Crippen molar-refractivity contribution in [3.05, 3.63) is 53.2 Å². The number of rotatable bonds is 6. The number of benzene rings is 1. The molecule has 0 aliphatic heterocycles. The zero-order chi connectivity index (χ0) is 15.4. The van der Waals surface area contributed by atoms with Crippen LogP contribution in [0.15, 0.2) is 34.9 Å². The van der Waals surface area contributed by atoms with Crippen LogP contribution >= 0.6 is 0 Å². The van der Waals surface area contributed by atoms with E-state index < -0.39 is 0 Å². The lowest BCUT2D eigenvalue weighted by molar-refractivity contribution is 0.529. The first-order valence-electron chi connectivity index (χ1n) is 7.29. The van der Waals surface area contributed by atoms with Crippen LogP contribution < -0.4 is 10.2 Å². The molecule has 1 N–H and O–H groups in total. The zero-order valence-corrected chi connectivity index (χ0v) is 13.1. The molecule has 2 aromatic rings. The second kappa shape index (κ2) is 6.76. The molecule has 0 aliphatic rings. The van der Waals surface area contributed by atoms with Crippen molar-refractivity contribution in [1.82, 2.24) is 5.32 Å². The monoisotopic (exact) mass is 290 g/mol. The summed E-state index contributed by atoms with van der Waals surface area (Å²) in [5.74, 6) is 0.719. The Bertz CT molecular complexity index is 594. The summed E-state index contributed by atoms with van der Waals surface area (Å²) in [7, 11) is 2.02. The minimum atomic E-state index is -0.202. The standard InChI is InChI=1S/C17H23FN2O/c1-5-19-12(2)16-10-15(18)6-7-17(16)20(4)11-14-8-9-21-13(14)3/h6-10,12,19H,5,11H2,1-4H3. The highest BCUT2D eigenvalue weighted by atomic mass is 19.1. The normalized spacial score (nSPS) is 12.4. The highest BCUT2D eigenvalue weighted by Gasteiger charge is 2.15. The van der Waals surface area contributed by atoms with Crippen LogP contribution in [0.2, 0.25) is 0 Å². The van der Waals surface area contributed by atoms with Crippen molar-refractivity contribution < 1.29 is 8.81 Å². The van der Waals surface area contributed by atoms with Crippen molar-refractivity contribution in [2.45, 2.75) is 33.4 Å². The van der Waals surface area contributed by atoms with Crippen LogP contribution in [0.4, 0.5) is 10.1 Å². The number of anilines is 1. The SMILES string of the molecule is CCNC(C)c1cc(F)ccc1N(C)Cc1ccoc1C. The van der Waals surface area contributed by atoms with E-state index >= 15 is 0 Å². The number of furan rings is 1. The van der Waals surface area contributed by atoms with E-state index in [2.05, 4.69) is 17.1 Å². The number of hydrogen-bond donors (Lipinski definition) is 1. The highest BCUT2D eigenvalue weighted by Crippen LogP contribution is 2.28. The molecule has 1 aromatic carbocycles. The maximum Gasteiger partial charge on any atom is 0.123 e. The smallest absolute Gasteiger partial charge is 0.123 e. The van der Waals surface area contributed by atoms with Crippen molar-refractivity contribution in [3.63, 3.8) is 0 Å². The van der Waals surface area contributed by atoms with E-state index in [9.17, 15) is 4.39 Å². The van der Waals surface area contributed by atoms with E-state index in [4.69, 9.17) is 4.42 Å². The molecule has 0 bridgehead atoms. The Kier molecular flexibility index (Phi) is 5.02. The third kappa shape index (κ3) is 3.64. The molecular weight excluding hydrogens is 267 g/mol. The molecule has 4 heteroatoms. The van der Waals surface area contributed by atoms with Crippen molar-refractivity contribution in [2.24, 2.45) is 0 Å². The summed E-state index contributed by atoms with van der Waals surface area (Å²) in [4.78, 5) is 2.13. The Balaban J connectivity index is 2.27. The second-order valence-corrected chi connectivity index (χ2v) is 5.34. The zero-order valence-electron chi connectivity index (χ0n) is 13.1. The molecule has 0 radical (unpaired) electrons. The molecule has 114 valence electrons. The van der Waals surface area contributed by atoms with Gasteiger partial charge in [0.2, 0.25) is 0 Å². The number of nitrogens with one attached hydrogen (secondary N) is 1. The van der Waals surface area contributed by atoms with Crippen molar-refractivity contribution in [1.29, 1.82) is 0 Å². The number of aryl methyl sites for hydroxylation is 1. The van der Waals surface area contributed by atoms with Crippen LogP contribution in [0, 0.1) is 12.7 Å². The van der Waals surface area contributed by atoms with Gasteiger partial charge in [-0.2, -0.15) is 0 Å². The van der Waals surface area contributed by atoms with Gasteiger partial charge in [-0.15, -0.1) is 0 Å². The summed E-state index contributed by atoms with van der Waals surface area (Å²) in [6.07, 6.45) is 1.70. The van der Waals surface area contributed by atoms with Gasteiger partial charge in [-0.25, -0.2) is 4.39 Å². The van der Waals surface area contributed by atoms with E-state index in [0.717, 1.165) is 35.7 Å². The average Bonchev–Trinajstić information content (AvgIpc) is 2.84. The minimum absolute atomic E-state index is 0.105. The predicted molar refractivity (Wildman–Crippen MR) is 84.0 cm³/mol. The van der Waals surface area contributed by atoms with Gasteiger partial charge in [-0.1, -0.05) is 6.92 Å². The molecule has 1 heterocycles. The van der Waals surface area contributed by atoms with Crippen LogP contribution in [0.25, 0.3) is 0 Å². The molecule has 0 spiro atoms. The largest absolute Gasteiger partial charge is 0.469 e. The van der Waals surface area contributed by atoms with Crippen LogP contribution in [0.3, 0.4) is 0 Å². The Morgan fingerprint density at radius 1 is 1.33 bits per heavy atom. The maximum atomic E-state index is 13.6. The Labute approximate surface area is 125 Å². The highest BCUT2D eigenvalue weighted by molar-refractivity contribution is 5.55. The summed E-state index contributed by atoms with van der Waals surface area (Å²) in [6.45, 7) is 7.64. The van der Waals surface area contributed by atoms with Crippen LogP contribution in [-0.4, -0.2) is 13.6 Å². The number of halogens is 1. The molecule has 1 aromatic heterocycles. The van der Waals surface area contributed by atoms with Gasteiger partial charge in [0, 0.05) is 30.9 Å². The Morgan fingerprint density at radius 3 is 2.71 bits per heavy atom. The quantitative estimate of drug-likeness (QED) is 0.870. The molecule has 0 saturated carbocycles. The first-order chi connectivity index (χ1) is 10.0. The van der Waals surface area contributed by atoms with E-state index in [1.54, 1.807) is 12.3 Å². The Hall–Kier alpha value is -1.81. The van der Waals surface area contributed by atoms with E-state index in [1.807, 2.05) is 33.0 Å². The van der Waals surface area contributed by atoms with Crippen molar-refractivity contribution >= 4 is 5.69 Å². The van der Waals surface area contributed by atoms with Gasteiger partial charge in [0.15, 0.2) is 0 Å². The molecule has 0 fully saturated rings. The van der Waals surface area contributed by atoms with Gasteiger partial charge in [-0.05, 0) is 50.2 Å². The van der Waals surface area contributed by atoms with Gasteiger partial charge >= 0.3 is 0 Å². The van der Waals surface area contributed by atoms with Gasteiger partial charge in [0.05, 0.1) is 6.26 Å². The van der Waals surface area contributed by atoms with Crippen LogP contribution in [0.5, 0.6) is 0 Å². The van der Waals surface area contributed by atoms with Crippen molar-refractivity contribution in [2.75, 3.05) is 18.5 Å². The average molecular weight is 290 g/mol. The molecule has 1 atom stereocenters. The lowest BCUT2D eigenvalue weighted by Gasteiger charge is -2.25. The van der Waals surface area contributed by atoms with Gasteiger partial charge in [0.25, 0.3) is 0 Å². The molecule has 21 heavy (non-hydrogen) atoms. The molecule has 3 nitrogen and oxygen atoms in total. The maximum absolute atomic E-state index is 13.6. The lowest BCUT2D eigenvalue weighted by atomic mass is 10.0. The van der Waals surface area contributed by atoms with E-state index in [0.29, 0.717) is 0 Å². The summed E-state index contributed by atoms with van der Waals surface area (Å²) in [5, 5.41) is 3.34. The van der Waals surface area contributed by atoms with Crippen LogP contribution in [0.1, 0.15) is 36.8 Å². The van der Waals surface area contributed by atoms with Gasteiger partial charge in [0.1, 0.15) is 11.6 Å². The molecular formula is C17H23FN2O. The first kappa shape index (κ1) is 15.6. The third-order valence-electron chi connectivity index (χ3n) is 3.75. The van der Waals surface area contributed by atoms with Crippen molar-refractivity contribution in [3.8, 4) is 0 Å². The second-order valence-electron chi connectivity index (χ2n) is 5.34. The fourth-order valence-electron chi connectivity index (χ4n) is 2.55. The third-order valence-corrected chi connectivity index (χ3v) is 3.75. The molecule has 0 saturated heterocycles. The fraction of sp³-hybridized carbons (Fsp3) is 0.412. The molecule has 2 rings (SSSR count). The summed E-state index contributed by atoms with van der Waals surface area (Å²) in [6, 6.07) is 7.04. The minimum Gasteiger partial charge on any atom is -0.469 e. The topological polar surface area (TPSA) is 28.4 Å². The number of hydrogen-bond acceptors (Lipinski definition) is 3. The summed E-state index contributed by atoms with van der Waals surface area (Å²) in [5.41, 5.74) is 3.15. The summed E-state index contributed by atoms with van der Waals surface area (Å²) < 4.78 is 18.9. The fourth-order valence-corrected chi connectivity index (χ4v) is 2.55. The first-order valence-corrected chi connectivity index (χ1v) is 7.29. The Morgan fingerprint density at radius 2 is 2.10 bits per heavy atom. The van der Waals surface area contributed by atoms with Gasteiger partial charge < -0.3 is 14.6 Å².